The minimum absolute atomic E-state index is 0.0766. The minimum atomic E-state index is -4.94. The number of nitrogens with two attached hydrogens (primary N) is 1. The van der Waals surface area contributed by atoms with Crippen molar-refractivity contribution in [2.24, 2.45) is 0 Å². The number of ether oxygens (including phenoxy) is 2. The Morgan fingerprint density at radius 1 is 1.21 bits per heavy atom. The van der Waals surface area contributed by atoms with Gasteiger partial charge in [-0.2, -0.15) is 28.2 Å². The Hall–Kier alpha value is -4.68. The van der Waals surface area contributed by atoms with Crippen molar-refractivity contribution in [3.63, 3.8) is 0 Å². The highest BCUT2D eigenvalue weighted by Crippen LogP contribution is 2.45. The molecule has 4 aliphatic rings. The van der Waals surface area contributed by atoms with Crippen LogP contribution < -0.4 is 15.4 Å². The lowest BCUT2D eigenvalue weighted by atomic mass is 9.90. The Kier molecular flexibility index (Phi) is 9.19. The van der Waals surface area contributed by atoms with Gasteiger partial charge in [0, 0.05) is 62.4 Å². The van der Waals surface area contributed by atoms with Crippen LogP contribution >= 0.6 is 0 Å². The molecule has 0 saturated carbocycles. The average Bonchev–Trinajstić information content (AvgIpc) is 3.66. The molecule has 2 fully saturated rings. The zero-order valence-corrected chi connectivity index (χ0v) is 29.8. The first-order valence-electron chi connectivity index (χ1n) is 17.4. The van der Waals surface area contributed by atoms with Gasteiger partial charge in [-0.05, 0) is 52.1 Å². The Bertz CT molecular complexity index is 2020. The molecule has 2 atom stereocenters. The number of alkyl halides is 3. The maximum atomic E-state index is 15.7. The number of anilines is 2. The van der Waals surface area contributed by atoms with E-state index in [4.69, 9.17) is 25.2 Å². The number of nitrogens with zero attached hydrogens (tertiary/aromatic N) is 7. The van der Waals surface area contributed by atoms with E-state index in [1.165, 1.54) is 11.8 Å². The zero-order chi connectivity index (χ0) is 37.1. The van der Waals surface area contributed by atoms with Gasteiger partial charge < -0.3 is 25.0 Å². The normalized spacial score (nSPS) is 21.6. The number of benzene rings is 1. The summed E-state index contributed by atoms with van der Waals surface area (Å²) in [5.74, 6) is 4.03. The third kappa shape index (κ3) is 6.25. The average molecular weight is 723 g/mol. The number of hydrogen-bond donors (Lipinski definition) is 1. The molecule has 15 heteroatoms. The highest BCUT2D eigenvalue weighted by atomic mass is 19.4. The van der Waals surface area contributed by atoms with Crippen molar-refractivity contribution in [2.45, 2.75) is 83.5 Å². The van der Waals surface area contributed by atoms with Gasteiger partial charge in [0.2, 0.25) is 0 Å². The molecule has 2 saturated heterocycles. The molecular formula is C37H42F4N8O3. The number of hydrogen-bond acceptors (Lipinski definition) is 9. The summed E-state index contributed by atoms with van der Waals surface area (Å²) in [6.07, 6.45) is -3.06. The SMILES string of the molecule is C=C1CN2CCC[C@@]2(COc2nc3c(c(N4CCCn5nc(C(=O)N(C)C)c(C)c5C4)n2)COC(c2c(F)c(N)cc(C#CC)c2C(F)(F)F)C3)C1. The van der Waals surface area contributed by atoms with Crippen molar-refractivity contribution in [1.29, 1.82) is 0 Å². The fourth-order valence-corrected chi connectivity index (χ4v) is 8.17. The van der Waals surface area contributed by atoms with Crippen LogP contribution in [0.3, 0.4) is 0 Å². The van der Waals surface area contributed by atoms with Crippen molar-refractivity contribution in [3.05, 3.63) is 68.9 Å². The summed E-state index contributed by atoms with van der Waals surface area (Å²) in [5, 5.41) is 4.64. The molecule has 2 N–H and O–H groups in total. The minimum Gasteiger partial charge on any atom is -0.461 e. The number of fused-ring (bicyclic) bond motifs is 3. The van der Waals surface area contributed by atoms with E-state index in [0.29, 0.717) is 55.4 Å². The largest absolute Gasteiger partial charge is 0.461 e. The van der Waals surface area contributed by atoms with Crippen LogP contribution in [0, 0.1) is 24.6 Å². The molecule has 1 amide bonds. The van der Waals surface area contributed by atoms with Crippen LogP contribution in [0.5, 0.6) is 6.01 Å². The highest BCUT2D eigenvalue weighted by molar-refractivity contribution is 5.93. The van der Waals surface area contributed by atoms with E-state index in [9.17, 15) is 18.0 Å². The van der Waals surface area contributed by atoms with E-state index in [-0.39, 0.29) is 30.5 Å². The molecule has 276 valence electrons. The quantitative estimate of drug-likeness (QED) is 0.159. The molecule has 1 unspecified atom stereocenters. The number of aromatic nitrogens is 4. The van der Waals surface area contributed by atoms with Gasteiger partial charge in [-0.25, -0.2) is 4.39 Å². The molecule has 0 radical (unpaired) electrons. The summed E-state index contributed by atoms with van der Waals surface area (Å²) in [6, 6.07) is 0.987. The lowest BCUT2D eigenvalue weighted by Crippen LogP contribution is -2.43. The summed E-state index contributed by atoms with van der Waals surface area (Å²) < 4.78 is 73.9. The van der Waals surface area contributed by atoms with Gasteiger partial charge in [0.1, 0.15) is 12.4 Å². The fourth-order valence-electron chi connectivity index (χ4n) is 8.17. The van der Waals surface area contributed by atoms with Crippen LogP contribution in [0.15, 0.2) is 18.2 Å². The van der Waals surface area contributed by atoms with Crippen LogP contribution in [0.2, 0.25) is 0 Å². The van der Waals surface area contributed by atoms with Crippen LogP contribution in [0.25, 0.3) is 0 Å². The fraction of sp³-hybridized carbons (Fsp3) is 0.514. The molecule has 7 rings (SSSR count). The van der Waals surface area contributed by atoms with Gasteiger partial charge in [-0.15, -0.1) is 5.92 Å². The molecular weight excluding hydrogens is 680 g/mol. The summed E-state index contributed by atoms with van der Waals surface area (Å²) in [6.45, 7) is 10.8. The van der Waals surface area contributed by atoms with Crippen LogP contribution in [-0.2, 0) is 37.0 Å². The molecule has 52 heavy (non-hydrogen) atoms. The molecule has 3 aromatic rings. The van der Waals surface area contributed by atoms with Gasteiger partial charge in [-0.3, -0.25) is 14.4 Å². The maximum Gasteiger partial charge on any atom is 0.418 e. The molecule has 0 bridgehead atoms. The standard InChI is InChI=1S/C37H42F4N8O3/c1-6-9-23-14-25(42)31(38)29(30(23)37(39,40)41)28-15-26-24(19-51-28)33(44-35(43-26)52-20-36-10-7-12-48(36)17-21(2)16-36)47-11-8-13-49-27(18-47)22(3)32(45-49)34(50)46(4)5/h14,28H,2,7-8,10-13,15-20,42H2,1,3-5H3/t28?,36-/m0/s1. The number of halogens is 4. The molecule has 6 heterocycles. The van der Waals surface area contributed by atoms with Gasteiger partial charge >= 0.3 is 12.2 Å². The van der Waals surface area contributed by atoms with Gasteiger partial charge in [0.05, 0.1) is 47.4 Å². The predicted octanol–water partition coefficient (Wildman–Crippen LogP) is 5.19. The molecule has 1 aromatic carbocycles. The van der Waals surface area contributed by atoms with E-state index < -0.39 is 40.5 Å². The van der Waals surface area contributed by atoms with Crippen molar-refractivity contribution in [1.82, 2.24) is 29.5 Å². The summed E-state index contributed by atoms with van der Waals surface area (Å²) in [5.41, 5.74) is 6.96. The number of aryl methyl sites for hydroxylation is 1. The number of nitrogen functional groups attached to an aromatic ring is 1. The van der Waals surface area contributed by atoms with Gasteiger partial charge in [0.25, 0.3) is 5.91 Å². The maximum absolute atomic E-state index is 15.7. The molecule has 11 nitrogen and oxygen atoms in total. The first kappa shape index (κ1) is 35.7. The summed E-state index contributed by atoms with van der Waals surface area (Å²) in [4.78, 5) is 28.5. The summed E-state index contributed by atoms with van der Waals surface area (Å²) >= 11 is 0. The molecule has 4 aliphatic heterocycles. The van der Waals surface area contributed by atoms with Crippen LogP contribution in [0.1, 0.15) is 88.4 Å². The summed E-state index contributed by atoms with van der Waals surface area (Å²) in [7, 11) is 3.36. The van der Waals surface area contributed by atoms with Crippen molar-refractivity contribution >= 4 is 17.4 Å². The van der Waals surface area contributed by atoms with E-state index in [2.05, 4.69) is 28.4 Å². The topological polar surface area (TPSA) is 115 Å². The lowest BCUT2D eigenvalue weighted by Gasteiger charge is -2.33. The van der Waals surface area contributed by atoms with E-state index in [1.807, 2.05) is 16.5 Å². The number of amides is 1. The van der Waals surface area contributed by atoms with Crippen molar-refractivity contribution in [2.75, 3.05) is 51.0 Å². The number of carbonyl (C=O) groups excluding carboxylic acids is 1. The van der Waals surface area contributed by atoms with Crippen LogP contribution in [-0.4, -0.2) is 81.3 Å². The Balaban J connectivity index is 1.30. The van der Waals surface area contributed by atoms with E-state index in [1.54, 1.807) is 14.1 Å². The van der Waals surface area contributed by atoms with E-state index >= 15 is 4.39 Å². The Morgan fingerprint density at radius 3 is 2.73 bits per heavy atom. The van der Waals surface area contributed by atoms with Gasteiger partial charge in [0.15, 0.2) is 11.5 Å². The molecule has 2 aromatic heterocycles. The molecule has 0 spiro atoms. The third-order valence-electron chi connectivity index (χ3n) is 10.6. The zero-order valence-electron chi connectivity index (χ0n) is 29.8. The first-order valence-corrected chi connectivity index (χ1v) is 17.4. The smallest absolute Gasteiger partial charge is 0.418 e. The van der Waals surface area contributed by atoms with E-state index in [0.717, 1.165) is 55.2 Å². The Morgan fingerprint density at radius 2 is 2.00 bits per heavy atom. The predicted molar refractivity (Wildman–Crippen MR) is 185 cm³/mol. The first-order chi connectivity index (χ1) is 24.7. The second-order valence-corrected chi connectivity index (χ2v) is 14.3. The highest BCUT2D eigenvalue weighted by Gasteiger charge is 2.47. The van der Waals surface area contributed by atoms with Crippen LogP contribution in [0.4, 0.5) is 29.1 Å². The monoisotopic (exact) mass is 722 g/mol. The van der Waals surface area contributed by atoms with Crippen molar-refractivity contribution < 1.29 is 31.8 Å². The van der Waals surface area contributed by atoms with Crippen molar-refractivity contribution in [3.8, 4) is 17.9 Å². The van der Waals surface area contributed by atoms with Gasteiger partial charge in [-0.1, -0.05) is 18.1 Å². The lowest BCUT2D eigenvalue weighted by molar-refractivity contribution is -0.140. The Labute approximate surface area is 299 Å². The third-order valence-corrected chi connectivity index (χ3v) is 10.6. The molecule has 0 aliphatic carbocycles. The second kappa shape index (κ2) is 13.4. The second-order valence-electron chi connectivity index (χ2n) is 14.3. The number of rotatable bonds is 6. The number of carbonyl (C=O) groups is 1.